The predicted octanol–water partition coefficient (Wildman–Crippen LogP) is 1.07. The van der Waals surface area contributed by atoms with Gasteiger partial charge in [-0.15, -0.1) is 0 Å². The second-order valence-electron chi connectivity index (χ2n) is 3.96. The number of rotatable bonds is 6. The third-order valence-corrected chi connectivity index (χ3v) is 3.99. The Kier molecular flexibility index (Phi) is 4.38. The highest BCUT2D eigenvalue weighted by Crippen LogP contribution is 2.21. The Morgan fingerprint density at radius 2 is 2.10 bits per heavy atom. The maximum absolute atomic E-state index is 12.3. The third-order valence-electron chi connectivity index (χ3n) is 2.56. The van der Waals surface area contributed by atoms with Crippen molar-refractivity contribution in [3.8, 4) is 5.75 Å². The number of halogens is 2. The predicted molar refractivity (Wildman–Crippen MR) is 70.1 cm³/mol. The molecule has 4 N–H and O–H groups in total. The number of H-pyrrole nitrogens is 1. The number of aromatic nitrogens is 2. The normalized spacial score (nSPS) is 11.8. The van der Waals surface area contributed by atoms with E-state index >= 15 is 0 Å². The van der Waals surface area contributed by atoms with Crippen LogP contribution >= 0.6 is 0 Å². The van der Waals surface area contributed by atoms with Crippen molar-refractivity contribution in [2.24, 2.45) is 0 Å². The summed E-state index contributed by atoms with van der Waals surface area (Å²) in [5, 5.41) is 5.80. The smallest absolute Gasteiger partial charge is 0.387 e. The Bertz CT molecular complexity index is 718. The minimum Gasteiger partial charge on any atom is -0.434 e. The van der Waals surface area contributed by atoms with Crippen molar-refractivity contribution in [1.82, 2.24) is 14.9 Å². The lowest BCUT2D eigenvalue weighted by atomic mass is 10.2. The topological polar surface area (TPSA) is 110 Å². The van der Waals surface area contributed by atoms with Crippen LogP contribution in [0.4, 0.5) is 14.6 Å². The SMILES string of the molecule is Nc1[nH]ncc1S(=O)(=O)NCc1ccccc1OC(F)F. The number of benzene rings is 1. The second kappa shape index (κ2) is 6.06. The second-order valence-corrected chi connectivity index (χ2v) is 5.69. The molecule has 7 nitrogen and oxygen atoms in total. The van der Waals surface area contributed by atoms with Gasteiger partial charge in [-0.3, -0.25) is 5.10 Å². The summed E-state index contributed by atoms with van der Waals surface area (Å²) in [6.45, 7) is -3.22. The lowest BCUT2D eigenvalue weighted by Gasteiger charge is -2.11. The van der Waals surface area contributed by atoms with Gasteiger partial charge >= 0.3 is 6.61 Å². The van der Waals surface area contributed by atoms with E-state index in [9.17, 15) is 17.2 Å². The zero-order valence-corrected chi connectivity index (χ0v) is 11.4. The monoisotopic (exact) mass is 318 g/mol. The molecule has 1 heterocycles. The van der Waals surface area contributed by atoms with Crippen molar-refractivity contribution >= 4 is 15.8 Å². The summed E-state index contributed by atoms with van der Waals surface area (Å²) >= 11 is 0. The summed E-state index contributed by atoms with van der Waals surface area (Å²) < 4.78 is 55.0. The maximum atomic E-state index is 12.3. The number of aromatic amines is 1. The van der Waals surface area contributed by atoms with E-state index < -0.39 is 16.6 Å². The molecule has 114 valence electrons. The van der Waals surface area contributed by atoms with E-state index in [0.29, 0.717) is 0 Å². The first-order valence-corrected chi connectivity index (χ1v) is 7.19. The first-order valence-electron chi connectivity index (χ1n) is 5.71. The van der Waals surface area contributed by atoms with Crippen LogP contribution in [0.3, 0.4) is 0 Å². The molecule has 21 heavy (non-hydrogen) atoms. The zero-order valence-electron chi connectivity index (χ0n) is 10.6. The number of ether oxygens (including phenoxy) is 1. The highest BCUT2D eigenvalue weighted by molar-refractivity contribution is 7.89. The molecule has 0 atom stereocenters. The van der Waals surface area contributed by atoms with Crippen molar-refractivity contribution in [3.05, 3.63) is 36.0 Å². The standard InChI is InChI=1S/C11H12F2N4O3S/c12-11(13)20-8-4-2-1-3-7(8)5-16-21(18,19)9-6-15-17-10(9)14/h1-4,6,11,16H,5H2,(H3,14,15,17). The number of anilines is 1. The van der Waals surface area contributed by atoms with Gasteiger partial charge in [-0.05, 0) is 6.07 Å². The van der Waals surface area contributed by atoms with E-state index in [1.54, 1.807) is 6.07 Å². The van der Waals surface area contributed by atoms with Crippen LogP contribution in [0.15, 0.2) is 35.4 Å². The molecule has 0 radical (unpaired) electrons. The number of nitrogen functional groups attached to an aromatic ring is 1. The molecule has 0 amide bonds. The molecule has 0 bridgehead atoms. The molecule has 0 aliphatic carbocycles. The van der Waals surface area contributed by atoms with Gasteiger partial charge in [-0.1, -0.05) is 18.2 Å². The Balaban J connectivity index is 2.15. The number of para-hydroxylation sites is 1. The summed E-state index contributed by atoms with van der Waals surface area (Å²) in [6, 6.07) is 5.87. The fraction of sp³-hybridized carbons (Fsp3) is 0.182. The number of nitrogens with two attached hydrogens (primary N) is 1. The molecule has 0 fully saturated rings. The van der Waals surface area contributed by atoms with Crippen LogP contribution in [-0.2, 0) is 16.6 Å². The van der Waals surface area contributed by atoms with Crippen LogP contribution in [0, 0.1) is 0 Å². The molecule has 0 spiro atoms. The maximum Gasteiger partial charge on any atom is 0.387 e. The van der Waals surface area contributed by atoms with E-state index in [-0.39, 0.29) is 28.6 Å². The number of hydrogen-bond acceptors (Lipinski definition) is 5. The van der Waals surface area contributed by atoms with Crippen molar-refractivity contribution in [2.75, 3.05) is 5.73 Å². The molecule has 0 saturated heterocycles. The molecule has 1 aromatic heterocycles. The van der Waals surface area contributed by atoms with Crippen molar-refractivity contribution in [2.45, 2.75) is 18.1 Å². The average Bonchev–Trinajstić information content (AvgIpc) is 2.84. The van der Waals surface area contributed by atoms with Crippen LogP contribution in [0.5, 0.6) is 5.75 Å². The number of nitrogens with zero attached hydrogens (tertiary/aromatic N) is 1. The molecule has 1 aromatic carbocycles. The van der Waals surface area contributed by atoms with E-state index in [2.05, 4.69) is 19.7 Å². The van der Waals surface area contributed by atoms with Crippen LogP contribution < -0.4 is 15.2 Å². The highest BCUT2D eigenvalue weighted by atomic mass is 32.2. The summed E-state index contributed by atoms with van der Waals surface area (Å²) in [5.74, 6) is -0.213. The molecule has 2 rings (SSSR count). The average molecular weight is 318 g/mol. The minimum absolute atomic E-state index is 0.102. The Labute approximate surface area is 119 Å². The van der Waals surface area contributed by atoms with E-state index in [4.69, 9.17) is 5.73 Å². The summed E-state index contributed by atoms with van der Waals surface area (Å²) in [6.07, 6.45) is 1.05. The molecular formula is C11H12F2N4O3S. The molecule has 2 aromatic rings. The Hall–Kier alpha value is -2.20. The third kappa shape index (κ3) is 3.67. The fourth-order valence-corrected chi connectivity index (χ4v) is 2.64. The van der Waals surface area contributed by atoms with E-state index in [0.717, 1.165) is 6.20 Å². The van der Waals surface area contributed by atoms with Crippen LogP contribution in [-0.4, -0.2) is 25.2 Å². The molecule has 0 unspecified atom stereocenters. The Morgan fingerprint density at radius 3 is 2.71 bits per heavy atom. The minimum atomic E-state index is -3.90. The van der Waals surface area contributed by atoms with Crippen molar-refractivity contribution in [3.63, 3.8) is 0 Å². The molecule has 10 heteroatoms. The number of sulfonamides is 1. The first kappa shape index (κ1) is 15.2. The number of nitrogens with one attached hydrogen (secondary N) is 2. The van der Waals surface area contributed by atoms with Gasteiger partial charge in [0.2, 0.25) is 10.0 Å². The largest absolute Gasteiger partial charge is 0.434 e. The number of alkyl halides is 2. The number of hydrogen-bond donors (Lipinski definition) is 3. The van der Waals surface area contributed by atoms with Gasteiger partial charge in [0.05, 0.1) is 6.20 Å². The summed E-state index contributed by atoms with van der Waals surface area (Å²) in [4.78, 5) is -0.213. The van der Waals surface area contributed by atoms with Gasteiger partial charge in [-0.25, -0.2) is 13.1 Å². The Morgan fingerprint density at radius 1 is 1.38 bits per heavy atom. The summed E-state index contributed by atoms with van der Waals surface area (Å²) in [7, 11) is -3.90. The van der Waals surface area contributed by atoms with E-state index in [1.807, 2.05) is 0 Å². The van der Waals surface area contributed by atoms with E-state index in [1.165, 1.54) is 18.2 Å². The fourth-order valence-electron chi connectivity index (χ4n) is 1.61. The van der Waals surface area contributed by atoms with Gasteiger partial charge < -0.3 is 10.5 Å². The van der Waals surface area contributed by atoms with Gasteiger partial charge in [0.1, 0.15) is 16.5 Å². The van der Waals surface area contributed by atoms with Crippen LogP contribution in [0.1, 0.15) is 5.56 Å². The zero-order chi connectivity index (χ0) is 15.5. The first-order chi connectivity index (χ1) is 9.90. The van der Waals surface area contributed by atoms with Crippen LogP contribution in [0.2, 0.25) is 0 Å². The van der Waals surface area contributed by atoms with Crippen LogP contribution in [0.25, 0.3) is 0 Å². The lowest BCUT2D eigenvalue weighted by molar-refractivity contribution is -0.0504. The van der Waals surface area contributed by atoms with Crippen molar-refractivity contribution in [1.29, 1.82) is 0 Å². The lowest BCUT2D eigenvalue weighted by Crippen LogP contribution is -2.24. The quantitative estimate of drug-likeness (QED) is 0.738. The van der Waals surface area contributed by atoms with Gasteiger partial charge in [-0.2, -0.15) is 13.9 Å². The molecule has 0 aliphatic rings. The molecular weight excluding hydrogens is 306 g/mol. The summed E-state index contributed by atoms with van der Waals surface area (Å²) in [5.41, 5.74) is 5.70. The van der Waals surface area contributed by atoms with Gasteiger partial charge in [0, 0.05) is 12.1 Å². The molecule has 0 aliphatic heterocycles. The van der Waals surface area contributed by atoms with Gasteiger partial charge in [0.15, 0.2) is 0 Å². The molecule has 0 saturated carbocycles. The highest BCUT2D eigenvalue weighted by Gasteiger charge is 2.20. The van der Waals surface area contributed by atoms with Gasteiger partial charge in [0.25, 0.3) is 0 Å². The van der Waals surface area contributed by atoms with Crippen molar-refractivity contribution < 1.29 is 21.9 Å².